The Morgan fingerprint density at radius 3 is 2.62 bits per heavy atom. The van der Waals surface area contributed by atoms with Crippen LogP contribution in [-0.4, -0.2) is 45.0 Å². The molecule has 0 bridgehead atoms. The van der Waals surface area contributed by atoms with Crippen molar-refractivity contribution in [1.29, 1.82) is 5.41 Å². The number of guanidine groups is 1. The molecule has 2 amide bonds. The van der Waals surface area contributed by atoms with E-state index in [0.29, 0.717) is 24.2 Å². The van der Waals surface area contributed by atoms with E-state index in [0.717, 1.165) is 29.5 Å². The summed E-state index contributed by atoms with van der Waals surface area (Å²) < 4.78 is 6.48. The van der Waals surface area contributed by atoms with Gasteiger partial charge in [-0.15, -0.1) is 0 Å². The highest BCUT2D eigenvalue weighted by atomic mass is 16.5. The molecule has 1 saturated heterocycles. The number of rotatable bonds is 5. The third-order valence-electron chi connectivity index (χ3n) is 8.17. The molecule has 1 fully saturated rings. The molecule has 37 heavy (non-hydrogen) atoms. The number of carbonyl (C=O) groups is 2. The quantitative estimate of drug-likeness (QED) is 0.492. The fourth-order valence-corrected chi connectivity index (χ4v) is 6.01. The molecule has 1 aliphatic carbocycles. The van der Waals surface area contributed by atoms with Gasteiger partial charge in [-0.05, 0) is 56.0 Å². The van der Waals surface area contributed by atoms with Crippen LogP contribution in [0.25, 0.3) is 0 Å². The number of benzene rings is 2. The summed E-state index contributed by atoms with van der Waals surface area (Å²) in [4.78, 5) is 28.2. The van der Waals surface area contributed by atoms with E-state index in [1.165, 1.54) is 4.90 Å². The van der Waals surface area contributed by atoms with Crippen LogP contribution >= 0.6 is 0 Å². The Balaban J connectivity index is 1.49. The lowest BCUT2D eigenvalue weighted by Gasteiger charge is -2.48. The van der Waals surface area contributed by atoms with Gasteiger partial charge in [-0.3, -0.25) is 19.9 Å². The number of nitrogens with one attached hydrogen (secondary N) is 3. The van der Waals surface area contributed by atoms with Crippen LogP contribution in [0.1, 0.15) is 92.5 Å². The molecule has 0 saturated carbocycles. The van der Waals surface area contributed by atoms with Gasteiger partial charge in [-0.1, -0.05) is 38.1 Å². The van der Waals surface area contributed by atoms with Crippen molar-refractivity contribution in [3.63, 3.8) is 0 Å². The van der Waals surface area contributed by atoms with E-state index in [2.05, 4.69) is 24.5 Å². The topological polar surface area (TPSA) is 115 Å². The first-order valence-corrected chi connectivity index (χ1v) is 13.1. The highest BCUT2D eigenvalue weighted by Gasteiger charge is 2.46. The van der Waals surface area contributed by atoms with E-state index in [1.54, 1.807) is 18.2 Å². The van der Waals surface area contributed by atoms with E-state index < -0.39 is 29.3 Å². The van der Waals surface area contributed by atoms with Crippen LogP contribution < -0.4 is 15.4 Å². The number of amides is 2. The van der Waals surface area contributed by atoms with Crippen molar-refractivity contribution in [3.8, 4) is 5.75 Å². The Morgan fingerprint density at radius 1 is 1.19 bits per heavy atom. The average Bonchev–Trinajstić information content (AvgIpc) is 3.17. The second-order valence-corrected chi connectivity index (χ2v) is 11.2. The molecule has 2 aromatic carbocycles. The zero-order valence-corrected chi connectivity index (χ0v) is 21.9. The minimum atomic E-state index is -0.689. The lowest BCUT2D eigenvalue weighted by atomic mass is 9.81. The summed E-state index contributed by atoms with van der Waals surface area (Å²) in [5, 5.41) is 25.5. The molecule has 2 aliphatic heterocycles. The normalized spacial score (nSPS) is 25.5. The third-order valence-corrected chi connectivity index (χ3v) is 8.17. The molecule has 4 N–H and O–H groups in total. The number of aliphatic hydroxyl groups is 1. The Morgan fingerprint density at radius 2 is 1.92 bits per heavy atom. The maximum absolute atomic E-state index is 13.4. The summed E-state index contributed by atoms with van der Waals surface area (Å²) in [6.45, 7) is 7.97. The molecule has 3 atom stereocenters. The van der Waals surface area contributed by atoms with E-state index in [9.17, 15) is 14.7 Å². The molecule has 0 spiro atoms. The predicted octanol–water partition coefficient (Wildman–Crippen LogP) is 3.99. The first kappa shape index (κ1) is 25.3. The summed E-state index contributed by atoms with van der Waals surface area (Å²) in [7, 11) is 0. The average molecular weight is 505 g/mol. The molecule has 2 heterocycles. The van der Waals surface area contributed by atoms with Gasteiger partial charge in [0.15, 0.2) is 5.96 Å². The number of hydrogen-bond acceptors (Lipinski definition) is 5. The number of carbonyl (C=O) groups excluding carboxylic acids is 2. The van der Waals surface area contributed by atoms with Crippen LogP contribution in [0.2, 0.25) is 0 Å². The van der Waals surface area contributed by atoms with Gasteiger partial charge in [0.2, 0.25) is 5.91 Å². The maximum Gasteiger partial charge on any atom is 0.251 e. The van der Waals surface area contributed by atoms with Crippen LogP contribution in [0.3, 0.4) is 0 Å². The Kier molecular flexibility index (Phi) is 6.26. The summed E-state index contributed by atoms with van der Waals surface area (Å²) >= 11 is 0. The minimum absolute atomic E-state index is 0.0701. The summed E-state index contributed by atoms with van der Waals surface area (Å²) in [5.74, 6) is 0.284. The minimum Gasteiger partial charge on any atom is -0.487 e. The van der Waals surface area contributed by atoms with Crippen molar-refractivity contribution in [2.24, 2.45) is 0 Å². The van der Waals surface area contributed by atoms with Crippen molar-refractivity contribution < 1.29 is 19.4 Å². The first-order valence-electron chi connectivity index (χ1n) is 13.1. The molecule has 2 aromatic rings. The van der Waals surface area contributed by atoms with Crippen molar-refractivity contribution in [2.45, 2.75) is 89.1 Å². The van der Waals surface area contributed by atoms with Crippen molar-refractivity contribution >= 4 is 17.8 Å². The molecule has 1 unspecified atom stereocenters. The van der Waals surface area contributed by atoms with Gasteiger partial charge in [0.05, 0.1) is 18.2 Å². The van der Waals surface area contributed by atoms with Crippen LogP contribution in [0.4, 0.5) is 0 Å². The number of hydrogen-bond donors (Lipinski definition) is 4. The summed E-state index contributed by atoms with van der Waals surface area (Å²) in [5.41, 5.74) is 2.15. The zero-order chi connectivity index (χ0) is 26.5. The fraction of sp³-hybridized carbons (Fsp3) is 0.483. The molecule has 3 aliphatic rings. The van der Waals surface area contributed by atoms with Gasteiger partial charge < -0.3 is 20.5 Å². The van der Waals surface area contributed by atoms with Gasteiger partial charge >= 0.3 is 0 Å². The maximum atomic E-state index is 13.4. The Labute approximate surface area is 217 Å². The van der Waals surface area contributed by atoms with Gasteiger partial charge in [0.25, 0.3) is 5.91 Å². The summed E-state index contributed by atoms with van der Waals surface area (Å²) in [6, 6.07) is 12.1. The van der Waals surface area contributed by atoms with Gasteiger partial charge in [-0.2, -0.15) is 0 Å². The number of aliphatic hydroxyl groups excluding tert-OH is 1. The summed E-state index contributed by atoms with van der Waals surface area (Å²) in [6.07, 6.45) is 2.13. The lowest BCUT2D eigenvalue weighted by molar-refractivity contribution is -0.133. The fourth-order valence-electron chi connectivity index (χ4n) is 6.01. The monoisotopic (exact) mass is 504 g/mol. The zero-order valence-electron chi connectivity index (χ0n) is 21.9. The van der Waals surface area contributed by atoms with E-state index in [-0.39, 0.29) is 24.2 Å². The van der Waals surface area contributed by atoms with Gasteiger partial charge in [0, 0.05) is 35.9 Å². The van der Waals surface area contributed by atoms with Crippen molar-refractivity contribution in [1.82, 2.24) is 15.5 Å². The SMILES string of the molecule is CCC1(CC)CC(N2C(=N)NC(C)(C)CC2=O)c2cc(C(=O)N[C@@H]3c4ccccc4C[C@H]3O)ccc2O1. The van der Waals surface area contributed by atoms with Crippen LogP contribution in [0, 0.1) is 5.41 Å². The van der Waals surface area contributed by atoms with Crippen LogP contribution in [0.15, 0.2) is 42.5 Å². The second kappa shape index (κ2) is 9.17. The molecule has 0 aromatic heterocycles. The van der Waals surface area contributed by atoms with Crippen molar-refractivity contribution in [2.75, 3.05) is 0 Å². The first-order chi connectivity index (χ1) is 17.6. The number of nitrogens with zero attached hydrogens (tertiary/aromatic N) is 1. The Bertz CT molecular complexity index is 1230. The second-order valence-electron chi connectivity index (χ2n) is 11.2. The molecule has 5 rings (SSSR count). The van der Waals surface area contributed by atoms with Crippen molar-refractivity contribution in [3.05, 3.63) is 64.7 Å². The highest BCUT2D eigenvalue weighted by molar-refractivity contribution is 6.00. The predicted molar refractivity (Wildman–Crippen MR) is 141 cm³/mol. The third kappa shape index (κ3) is 4.48. The van der Waals surface area contributed by atoms with E-state index >= 15 is 0 Å². The molecular weight excluding hydrogens is 468 g/mol. The van der Waals surface area contributed by atoms with E-state index in [1.807, 2.05) is 38.1 Å². The Hall–Kier alpha value is -3.39. The molecular formula is C29H36N4O4. The molecule has 196 valence electrons. The van der Waals surface area contributed by atoms with Gasteiger partial charge in [-0.25, -0.2) is 0 Å². The standard InChI is InChI=1S/C29H36N4O4/c1-5-29(6-2)15-21(33-24(35)16-28(3,4)32-27(33)30)20-13-18(11-12-23(20)37-29)26(36)31-25-19-10-8-7-9-17(19)14-22(25)34/h7-13,21-22,25,34H,5-6,14-16H2,1-4H3,(H2,30,32)(H,31,36)/t21?,22-,25-/m1/s1. The largest absolute Gasteiger partial charge is 0.487 e. The smallest absolute Gasteiger partial charge is 0.251 e. The molecule has 8 heteroatoms. The molecule has 8 nitrogen and oxygen atoms in total. The van der Waals surface area contributed by atoms with E-state index in [4.69, 9.17) is 10.1 Å². The lowest BCUT2D eigenvalue weighted by Crippen LogP contribution is -2.61. The number of ether oxygens (including phenoxy) is 1. The number of fused-ring (bicyclic) bond motifs is 2. The molecule has 0 radical (unpaired) electrons. The highest BCUT2D eigenvalue weighted by Crippen LogP contribution is 2.46. The van der Waals surface area contributed by atoms with Crippen LogP contribution in [-0.2, 0) is 11.2 Å². The van der Waals surface area contributed by atoms with Crippen LogP contribution in [0.5, 0.6) is 5.75 Å². The van der Waals surface area contributed by atoms with Gasteiger partial charge in [0.1, 0.15) is 11.4 Å².